The Morgan fingerprint density at radius 1 is 0.926 bits per heavy atom. The molecule has 27 heavy (non-hydrogen) atoms. The van der Waals surface area contributed by atoms with Gasteiger partial charge in [0.1, 0.15) is 0 Å². The Kier molecular flexibility index (Phi) is 5.93. The highest BCUT2D eigenvalue weighted by Crippen LogP contribution is 2.30. The molecule has 2 aromatic carbocycles. The first kappa shape index (κ1) is 19.1. The molecular formula is C20H22N2O4S. The topological polar surface area (TPSA) is 75.7 Å². The summed E-state index contributed by atoms with van der Waals surface area (Å²) in [6, 6.07) is 17.4. The maximum absolute atomic E-state index is 13.2. The van der Waals surface area contributed by atoms with Crippen molar-refractivity contribution >= 4 is 26.5 Å². The molecular weight excluding hydrogens is 364 g/mol. The first-order valence-corrected chi connectivity index (χ1v) is 10.2. The molecule has 0 aromatic heterocycles. The van der Waals surface area contributed by atoms with Crippen LogP contribution in [0.3, 0.4) is 0 Å². The van der Waals surface area contributed by atoms with Gasteiger partial charge in [-0.15, -0.1) is 0 Å². The molecule has 0 aliphatic carbocycles. The number of carbonyl (C=O) groups excluding carboxylic acids is 1. The summed E-state index contributed by atoms with van der Waals surface area (Å²) in [6.45, 7) is 3.28. The summed E-state index contributed by atoms with van der Waals surface area (Å²) >= 11 is 0. The van der Waals surface area contributed by atoms with Crippen molar-refractivity contribution in [3.8, 4) is 0 Å². The molecule has 3 rings (SSSR count). The van der Waals surface area contributed by atoms with E-state index in [0.29, 0.717) is 37.4 Å². The number of hydrogen-bond acceptors (Lipinski definition) is 4. The Morgan fingerprint density at radius 3 is 2.00 bits per heavy atom. The molecule has 1 N–H and O–H groups in total. The molecule has 6 nitrogen and oxygen atoms in total. The van der Waals surface area contributed by atoms with Gasteiger partial charge in [-0.1, -0.05) is 60.7 Å². The van der Waals surface area contributed by atoms with Crippen LogP contribution in [-0.2, 0) is 14.8 Å². The van der Waals surface area contributed by atoms with Gasteiger partial charge in [0.15, 0.2) is 0 Å². The number of allylic oxidation sites excluding steroid dienone is 1. The fraction of sp³-hybridized carbons (Fsp3) is 0.250. The number of carbonyl (C=O) groups is 1. The second-order valence-corrected chi connectivity index (χ2v) is 7.82. The molecule has 1 aliphatic rings. The van der Waals surface area contributed by atoms with E-state index in [1.165, 1.54) is 4.90 Å². The summed E-state index contributed by atoms with van der Waals surface area (Å²) in [5.74, 6) is 0. The fourth-order valence-corrected chi connectivity index (χ4v) is 4.41. The van der Waals surface area contributed by atoms with Crippen LogP contribution >= 0.6 is 0 Å². The van der Waals surface area contributed by atoms with E-state index in [4.69, 9.17) is 4.74 Å². The predicted molar refractivity (Wildman–Crippen MR) is 105 cm³/mol. The Hall–Kier alpha value is -2.64. The van der Waals surface area contributed by atoms with Crippen molar-refractivity contribution in [1.82, 2.24) is 9.62 Å². The average molecular weight is 386 g/mol. The lowest BCUT2D eigenvalue weighted by Gasteiger charge is -2.27. The van der Waals surface area contributed by atoms with Gasteiger partial charge in [0.05, 0.1) is 18.1 Å². The third-order valence-corrected chi connectivity index (χ3v) is 5.89. The van der Waals surface area contributed by atoms with E-state index >= 15 is 0 Å². The molecule has 2 amide bonds. The highest BCUT2D eigenvalue weighted by Gasteiger charge is 2.28. The number of amides is 2. The lowest BCUT2D eigenvalue weighted by Crippen LogP contribution is -2.48. The molecule has 142 valence electrons. The monoisotopic (exact) mass is 386 g/mol. The molecule has 1 saturated heterocycles. The maximum atomic E-state index is 13.2. The van der Waals surface area contributed by atoms with E-state index in [2.05, 4.69) is 4.72 Å². The van der Waals surface area contributed by atoms with Gasteiger partial charge in [-0.2, -0.15) is 0 Å². The van der Waals surface area contributed by atoms with E-state index < -0.39 is 16.1 Å². The summed E-state index contributed by atoms with van der Waals surface area (Å²) in [4.78, 5) is 14.0. The number of rotatable bonds is 4. The SMILES string of the molecule is C/C(=C(/c1ccccc1)S(=O)(=O)NC(=O)N1CCOCC1)c1ccccc1. The Bertz CT molecular complexity index is 919. The Morgan fingerprint density at radius 2 is 1.44 bits per heavy atom. The van der Waals surface area contributed by atoms with Crippen molar-refractivity contribution in [1.29, 1.82) is 0 Å². The number of hydrogen-bond donors (Lipinski definition) is 1. The van der Waals surface area contributed by atoms with Gasteiger partial charge in [0.25, 0.3) is 10.0 Å². The van der Waals surface area contributed by atoms with Crippen LogP contribution in [0.2, 0.25) is 0 Å². The summed E-state index contributed by atoms with van der Waals surface area (Å²) in [6.07, 6.45) is 0. The Balaban J connectivity index is 2.01. The first-order valence-electron chi connectivity index (χ1n) is 8.70. The van der Waals surface area contributed by atoms with Crippen LogP contribution in [0.25, 0.3) is 10.5 Å². The minimum atomic E-state index is -4.07. The van der Waals surface area contributed by atoms with Gasteiger partial charge in [0, 0.05) is 13.1 Å². The summed E-state index contributed by atoms with van der Waals surface area (Å²) in [7, 11) is -4.07. The minimum absolute atomic E-state index is 0.0934. The standard InChI is InChI=1S/C20H22N2O4S/c1-16(17-8-4-2-5-9-17)19(18-10-6-3-7-11-18)27(24,25)21-20(23)22-12-14-26-15-13-22/h2-11H,12-15H2,1H3,(H,21,23)/b19-16+. The van der Waals surface area contributed by atoms with Gasteiger partial charge in [0.2, 0.25) is 0 Å². The van der Waals surface area contributed by atoms with Gasteiger partial charge in [-0.25, -0.2) is 17.9 Å². The number of morpholine rings is 1. The van der Waals surface area contributed by atoms with Gasteiger partial charge >= 0.3 is 6.03 Å². The third-order valence-electron chi connectivity index (χ3n) is 4.37. The van der Waals surface area contributed by atoms with Crippen LogP contribution in [0.5, 0.6) is 0 Å². The molecule has 0 atom stereocenters. The quantitative estimate of drug-likeness (QED) is 0.820. The fourth-order valence-electron chi connectivity index (χ4n) is 2.98. The van der Waals surface area contributed by atoms with Crippen molar-refractivity contribution in [3.63, 3.8) is 0 Å². The zero-order valence-corrected chi connectivity index (χ0v) is 15.9. The molecule has 7 heteroatoms. The largest absolute Gasteiger partial charge is 0.378 e. The number of nitrogens with zero attached hydrogens (tertiary/aromatic N) is 1. The van der Waals surface area contributed by atoms with Crippen LogP contribution in [0.4, 0.5) is 4.79 Å². The second-order valence-electron chi connectivity index (χ2n) is 6.20. The summed E-state index contributed by atoms with van der Waals surface area (Å²) in [5.41, 5.74) is 1.88. The third kappa shape index (κ3) is 4.56. The number of ether oxygens (including phenoxy) is 1. The molecule has 1 aliphatic heterocycles. The highest BCUT2D eigenvalue weighted by atomic mass is 32.2. The molecule has 0 unspecified atom stereocenters. The smallest absolute Gasteiger partial charge is 0.331 e. The lowest BCUT2D eigenvalue weighted by atomic mass is 10.0. The maximum Gasteiger partial charge on any atom is 0.331 e. The van der Waals surface area contributed by atoms with Crippen LogP contribution in [-0.4, -0.2) is 45.7 Å². The first-order chi connectivity index (χ1) is 13.0. The van der Waals surface area contributed by atoms with Crippen LogP contribution in [0.1, 0.15) is 18.1 Å². The van der Waals surface area contributed by atoms with Gasteiger partial charge in [-0.05, 0) is 23.6 Å². The van der Waals surface area contributed by atoms with E-state index in [0.717, 1.165) is 5.56 Å². The van der Waals surface area contributed by atoms with E-state index in [1.807, 2.05) is 36.4 Å². The van der Waals surface area contributed by atoms with Crippen molar-refractivity contribution in [2.24, 2.45) is 0 Å². The molecule has 1 fully saturated rings. The predicted octanol–water partition coefficient (Wildman–Crippen LogP) is 2.95. The van der Waals surface area contributed by atoms with Crippen molar-refractivity contribution in [2.45, 2.75) is 6.92 Å². The normalized spacial score (nSPS) is 15.8. The number of sulfonamides is 1. The Labute approximate surface area is 159 Å². The van der Waals surface area contributed by atoms with Crippen molar-refractivity contribution < 1.29 is 17.9 Å². The molecule has 0 bridgehead atoms. The second kappa shape index (κ2) is 8.37. The lowest BCUT2D eigenvalue weighted by molar-refractivity contribution is 0.0545. The van der Waals surface area contributed by atoms with Crippen LogP contribution in [0.15, 0.2) is 60.7 Å². The molecule has 0 radical (unpaired) electrons. The highest BCUT2D eigenvalue weighted by molar-refractivity contribution is 7.99. The molecule has 0 spiro atoms. The summed E-state index contributed by atoms with van der Waals surface area (Å²) < 4.78 is 33.7. The van der Waals surface area contributed by atoms with Gasteiger partial charge in [-0.3, -0.25) is 0 Å². The molecule has 2 aromatic rings. The zero-order chi connectivity index (χ0) is 19.3. The summed E-state index contributed by atoms with van der Waals surface area (Å²) in [5, 5.41) is 0. The number of benzene rings is 2. The zero-order valence-electron chi connectivity index (χ0n) is 15.1. The molecule has 0 saturated carbocycles. The number of urea groups is 1. The number of nitrogens with one attached hydrogen (secondary N) is 1. The van der Waals surface area contributed by atoms with E-state index in [9.17, 15) is 13.2 Å². The molecule has 1 heterocycles. The van der Waals surface area contributed by atoms with E-state index in [-0.39, 0.29) is 4.91 Å². The van der Waals surface area contributed by atoms with Crippen molar-refractivity contribution in [2.75, 3.05) is 26.3 Å². The van der Waals surface area contributed by atoms with Crippen LogP contribution in [0, 0.1) is 0 Å². The van der Waals surface area contributed by atoms with Gasteiger partial charge < -0.3 is 9.64 Å². The minimum Gasteiger partial charge on any atom is -0.378 e. The van der Waals surface area contributed by atoms with Crippen molar-refractivity contribution in [3.05, 3.63) is 71.8 Å². The van der Waals surface area contributed by atoms with Crippen LogP contribution < -0.4 is 4.72 Å². The van der Waals surface area contributed by atoms with E-state index in [1.54, 1.807) is 31.2 Å². The average Bonchev–Trinajstić information content (AvgIpc) is 2.69.